The van der Waals surface area contributed by atoms with Gasteiger partial charge in [-0.05, 0) is 24.6 Å². The minimum Gasteiger partial charge on any atom is -0.323 e. The van der Waals surface area contributed by atoms with E-state index in [-0.39, 0.29) is 5.69 Å². The zero-order valence-electron chi connectivity index (χ0n) is 11.2. The van der Waals surface area contributed by atoms with Crippen molar-refractivity contribution < 1.29 is 27.9 Å². The Morgan fingerprint density at radius 2 is 2.05 bits per heavy atom. The number of hydrogen-bond acceptors (Lipinski definition) is 4. The van der Waals surface area contributed by atoms with Gasteiger partial charge in [-0.3, -0.25) is 9.36 Å². The van der Waals surface area contributed by atoms with Crippen LogP contribution < -0.4 is 5.32 Å². The predicted octanol–water partition coefficient (Wildman–Crippen LogP) is 1.25. The Bertz CT molecular complexity index is 773. The number of carbonyl (C=O) groups excluding carboxylic acids is 1. The first kappa shape index (κ1) is 16.2. The number of hydrogen-bond donors (Lipinski definition) is 3. The van der Waals surface area contributed by atoms with E-state index >= 15 is 0 Å². The molecule has 22 heavy (non-hydrogen) atoms. The topological polar surface area (TPSA) is 117 Å². The molecule has 1 amide bonds. The Balaban J connectivity index is 2.21. The van der Waals surface area contributed by atoms with Crippen LogP contribution in [0.25, 0.3) is 0 Å². The molecule has 0 unspecified atom stereocenters. The van der Waals surface area contributed by atoms with E-state index in [4.69, 9.17) is 9.79 Å². The minimum absolute atomic E-state index is 0.181. The van der Waals surface area contributed by atoms with Crippen LogP contribution in [0.2, 0.25) is 0 Å². The van der Waals surface area contributed by atoms with Crippen LogP contribution in [-0.4, -0.2) is 30.7 Å². The monoisotopic (exact) mass is 332 g/mol. The average molecular weight is 332 g/mol. The van der Waals surface area contributed by atoms with Crippen molar-refractivity contribution in [3.05, 3.63) is 41.2 Å². The van der Waals surface area contributed by atoms with Gasteiger partial charge in [0.2, 0.25) is 5.69 Å². The highest BCUT2D eigenvalue weighted by Crippen LogP contribution is 2.35. The van der Waals surface area contributed by atoms with Crippen LogP contribution in [0.5, 0.6) is 0 Å². The summed E-state index contributed by atoms with van der Waals surface area (Å²) < 4.78 is 37.9. The normalized spacial score (nSPS) is 11.5. The van der Waals surface area contributed by atoms with Gasteiger partial charge in [-0.1, -0.05) is 6.07 Å². The van der Waals surface area contributed by atoms with E-state index in [2.05, 4.69) is 15.5 Å². The van der Waals surface area contributed by atoms with Crippen molar-refractivity contribution in [2.75, 3.05) is 5.32 Å². The summed E-state index contributed by atoms with van der Waals surface area (Å²) in [7, 11) is -4.52. The van der Waals surface area contributed by atoms with E-state index in [9.17, 15) is 18.1 Å². The molecular formula is C11H11F2N4O4P. The molecule has 0 spiro atoms. The molecule has 0 aliphatic carbocycles. The molecule has 1 aromatic heterocycles. The molecule has 0 saturated heterocycles. The summed E-state index contributed by atoms with van der Waals surface area (Å²) in [4.78, 5) is 29.7. The molecule has 11 heteroatoms. The Labute approximate surface area is 122 Å². The molecular weight excluding hydrogens is 321 g/mol. The van der Waals surface area contributed by atoms with Gasteiger partial charge in [0.15, 0.2) is 6.29 Å². The lowest BCUT2D eigenvalue weighted by atomic mass is 10.2. The molecule has 0 aliphatic heterocycles. The number of rotatable bonds is 4. The number of aryl methyl sites for hydroxylation is 1. The molecule has 0 radical (unpaired) electrons. The minimum atomic E-state index is -4.52. The fourth-order valence-electron chi connectivity index (χ4n) is 1.60. The van der Waals surface area contributed by atoms with Crippen LogP contribution in [0.1, 0.15) is 16.1 Å². The molecule has 1 heterocycles. The highest BCUT2D eigenvalue weighted by molar-refractivity contribution is 7.50. The zero-order valence-corrected chi connectivity index (χ0v) is 12.1. The Kier molecular flexibility index (Phi) is 4.36. The number of aromatic nitrogens is 3. The lowest BCUT2D eigenvalue weighted by Crippen LogP contribution is -2.15. The van der Waals surface area contributed by atoms with Gasteiger partial charge in [-0.25, -0.2) is 4.39 Å². The molecule has 0 atom stereocenters. The largest absolute Gasteiger partial charge is 0.348 e. The van der Waals surface area contributed by atoms with Gasteiger partial charge < -0.3 is 15.1 Å². The molecule has 1 aromatic carbocycles. The Morgan fingerprint density at radius 3 is 2.64 bits per heavy atom. The van der Waals surface area contributed by atoms with E-state index in [0.29, 0.717) is 10.4 Å². The zero-order chi connectivity index (χ0) is 16.5. The first-order valence-electron chi connectivity index (χ1n) is 5.88. The standard InChI is InChI=1S/C11H11F2N4O4P/c1-6-2-3-8(7(12)4-6)14-11(18)9-10(13)16-17(15-9)5-22(19,20)21/h2-4H,5H2,1H3,(H,14,18)(H2,19,20,21). The summed E-state index contributed by atoms with van der Waals surface area (Å²) in [5.41, 5.74) is -0.345. The number of benzene rings is 1. The molecule has 2 rings (SSSR count). The van der Waals surface area contributed by atoms with Gasteiger partial charge in [0.05, 0.1) is 5.69 Å². The first-order chi connectivity index (χ1) is 10.2. The summed E-state index contributed by atoms with van der Waals surface area (Å²) >= 11 is 0. The molecule has 0 fully saturated rings. The molecule has 3 N–H and O–H groups in total. The van der Waals surface area contributed by atoms with Gasteiger partial charge in [0.25, 0.3) is 11.9 Å². The summed E-state index contributed by atoms with van der Waals surface area (Å²) in [6.45, 7) is 1.65. The summed E-state index contributed by atoms with van der Waals surface area (Å²) in [6, 6.07) is 4.01. The third-order valence-electron chi connectivity index (χ3n) is 2.51. The lowest BCUT2D eigenvalue weighted by molar-refractivity contribution is 0.101. The van der Waals surface area contributed by atoms with Crippen molar-refractivity contribution in [3.8, 4) is 0 Å². The number of anilines is 1. The third kappa shape index (κ3) is 3.94. The number of amides is 1. The van der Waals surface area contributed by atoms with Gasteiger partial charge in [-0.15, -0.1) is 10.2 Å². The summed E-state index contributed by atoms with van der Waals surface area (Å²) in [5, 5.41) is 8.54. The first-order valence-corrected chi connectivity index (χ1v) is 7.68. The Morgan fingerprint density at radius 1 is 1.36 bits per heavy atom. The quantitative estimate of drug-likeness (QED) is 0.726. The number of carbonyl (C=O) groups is 1. The summed E-state index contributed by atoms with van der Waals surface area (Å²) in [5.74, 6) is -3.12. The van der Waals surface area contributed by atoms with Crippen LogP contribution in [0.3, 0.4) is 0 Å². The van der Waals surface area contributed by atoms with Crippen molar-refractivity contribution in [2.45, 2.75) is 13.2 Å². The second-order valence-electron chi connectivity index (χ2n) is 4.46. The summed E-state index contributed by atoms with van der Waals surface area (Å²) in [6.07, 6.45) is -0.976. The fourth-order valence-corrected chi connectivity index (χ4v) is 2.05. The van der Waals surface area contributed by atoms with Crippen molar-refractivity contribution in [2.24, 2.45) is 0 Å². The van der Waals surface area contributed by atoms with E-state index in [0.717, 1.165) is 0 Å². The highest BCUT2D eigenvalue weighted by atomic mass is 31.2. The van der Waals surface area contributed by atoms with Crippen LogP contribution in [0, 0.1) is 18.7 Å². The van der Waals surface area contributed by atoms with Gasteiger partial charge in [0.1, 0.15) is 5.82 Å². The van der Waals surface area contributed by atoms with Crippen molar-refractivity contribution in [3.63, 3.8) is 0 Å². The van der Waals surface area contributed by atoms with Crippen LogP contribution in [0.15, 0.2) is 18.2 Å². The number of nitrogens with one attached hydrogen (secondary N) is 1. The van der Waals surface area contributed by atoms with Crippen LogP contribution >= 0.6 is 7.60 Å². The maximum Gasteiger partial charge on any atom is 0.348 e. The van der Waals surface area contributed by atoms with Crippen molar-refractivity contribution in [1.29, 1.82) is 0 Å². The predicted molar refractivity (Wildman–Crippen MR) is 71.1 cm³/mol. The fraction of sp³-hybridized carbons (Fsp3) is 0.182. The number of halogens is 2. The maximum atomic E-state index is 13.6. The molecule has 8 nitrogen and oxygen atoms in total. The van der Waals surface area contributed by atoms with E-state index in [1.165, 1.54) is 12.1 Å². The second-order valence-corrected chi connectivity index (χ2v) is 6.07. The third-order valence-corrected chi connectivity index (χ3v) is 3.13. The van der Waals surface area contributed by atoms with Crippen LogP contribution in [-0.2, 0) is 10.9 Å². The Hall–Kier alpha value is -2.16. The van der Waals surface area contributed by atoms with Gasteiger partial charge in [0, 0.05) is 0 Å². The van der Waals surface area contributed by atoms with Gasteiger partial charge in [-0.2, -0.15) is 9.19 Å². The lowest BCUT2D eigenvalue weighted by Gasteiger charge is -2.05. The van der Waals surface area contributed by atoms with Crippen molar-refractivity contribution in [1.82, 2.24) is 15.0 Å². The van der Waals surface area contributed by atoms with E-state index in [1.807, 2.05) is 0 Å². The molecule has 0 aliphatic rings. The van der Waals surface area contributed by atoms with E-state index < -0.39 is 37.2 Å². The number of nitrogens with zero attached hydrogens (tertiary/aromatic N) is 3. The highest BCUT2D eigenvalue weighted by Gasteiger charge is 2.23. The molecule has 118 valence electrons. The SMILES string of the molecule is Cc1ccc(NC(=O)c2nn(CP(=O)(O)O)nc2F)c(F)c1. The van der Waals surface area contributed by atoms with Crippen LogP contribution in [0.4, 0.5) is 14.5 Å². The second kappa shape index (κ2) is 5.91. The smallest absolute Gasteiger partial charge is 0.323 e. The molecule has 0 bridgehead atoms. The average Bonchev–Trinajstić information content (AvgIpc) is 2.71. The van der Waals surface area contributed by atoms with E-state index in [1.54, 1.807) is 13.0 Å². The van der Waals surface area contributed by atoms with Gasteiger partial charge >= 0.3 is 7.60 Å². The van der Waals surface area contributed by atoms with Crippen molar-refractivity contribution >= 4 is 19.2 Å². The maximum absolute atomic E-state index is 13.6. The molecule has 0 saturated carbocycles. The molecule has 2 aromatic rings.